The Hall–Kier alpha value is -4.33. The largest absolute Gasteiger partial charge is 0.321 e. The summed E-state index contributed by atoms with van der Waals surface area (Å²) in [7, 11) is 0. The third-order valence-electron chi connectivity index (χ3n) is 4.48. The second-order valence-corrected chi connectivity index (χ2v) is 6.60. The molecule has 2 aromatic heterocycles. The predicted molar refractivity (Wildman–Crippen MR) is 114 cm³/mol. The molecule has 8 heteroatoms. The predicted octanol–water partition coefficient (Wildman–Crippen LogP) is 4.29. The van der Waals surface area contributed by atoms with Gasteiger partial charge in [-0.15, -0.1) is 0 Å². The van der Waals surface area contributed by atoms with Gasteiger partial charge in [-0.1, -0.05) is 30.3 Å². The number of hydrogen-bond acceptors (Lipinski definition) is 5. The quantitative estimate of drug-likeness (QED) is 0.306. The van der Waals surface area contributed by atoms with Crippen LogP contribution in [-0.4, -0.2) is 25.6 Å². The van der Waals surface area contributed by atoms with Gasteiger partial charge in [0.15, 0.2) is 5.65 Å². The molecule has 8 nitrogen and oxygen atoms in total. The number of amides is 1. The van der Waals surface area contributed by atoms with Crippen molar-refractivity contribution in [3.63, 3.8) is 0 Å². The molecule has 4 aromatic rings. The first kappa shape index (κ1) is 19.0. The fourth-order valence-corrected chi connectivity index (χ4v) is 3.06. The average molecular weight is 399 g/mol. The van der Waals surface area contributed by atoms with E-state index in [1.54, 1.807) is 23.0 Å². The lowest BCUT2D eigenvalue weighted by Crippen LogP contribution is -2.08. The van der Waals surface area contributed by atoms with Gasteiger partial charge in [-0.05, 0) is 36.8 Å². The number of aromatic nitrogens is 3. The van der Waals surface area contributed by atoms with Crippen LogP contribution >= 0.6 is 0 Å². The van der Waals surface area contributed by atoms with Gasteiger partial charge in [-0.2, -0.15) is 5.10 Å². The number of nitro groups is 1. The van der Waals surface area contributed by atoms with E-state index in [-0.39, 0.29) is 11.6 Å². The first-order valence-corrected chi connectivity index (χ1v) is 9.15. The second-order valence-electron chi connectivity index (χ2n) is 6.60. The van der Waals surface area contributed by atoms with Gasteiger partial charge in [0.1, 0.15) is 0 Å². The normalized spacial score (nSPS) is 11.1. The maximum absolute atomic E-state index is 12.3. The number of nitrogens with one attached hydrogen (secondary N) is 1. The molecule has 0 bridgehead atoms. The lowest BCUT2D eigenvalue weighted by atomic mass is 10.2. The fraction of sp³-hybridized carbons (Fsp3) is 0.0455. The van der Waals surface area contributed by atoms with E-state index in [4.69, 9.17) is 0 Å². The smallest absolute Gasteiger partial charge is 0.270 e. The van der Waals surface area contributed by atoms with Crippen LogP contribution in [0, 0.1) is 17.0 Å². The van der Waals surface area contributed by atoms with E-state index in [1.807, 2.05) is 43.3 Å². The molecule has 30 heavy (non-hydrogen) atoms. The second kappa shape index (κ2) is 7.96. The summed E-state index contributed by atoms with van der Waals surface area (Å²) >= 11 is 0. The van der Waals surface area contributed by atoms with Crippen molar-refractivity contribution >= 4 is 34.4 Å². The number of anilines is 1. The van der Waals surface area contributed by atoms with Crippen molar-refractivity contribution in [3.8, 4) is 5.69 Å². The van der Waals surface area contributed by atoms with Gasteiger partial charge in [-0.3, -0.25) is 14.9 Å². The number of benzene rings is 2. The summed E-state index contributed by atoms with van der Waals surface area (Å²) < 4.78 is 1.76. The van der Waals surface area contributed by atoms with Crippen LogP contribution in [0.15, 0.2) is 72.9 Å². The first-order chi connectivity index (χ1) is 14.5. The molecule has 0 spiro atoms. The van der Waals surface area contributed by atoms with Crippen LogP contribution in [0.1, 0.15) is 11.3 Å². The van der Waals surface area contributed by atoms with E-state index in [2.05, 4.69) is 15.4 Å². The van der Waals surface area contributed by atoms with E-state index in [0.29, 0.717) is 16.9 Å². The molecular formula is C22H17N5O3. The number of para-hydroxylation sites is 1. The minimum absolute atomic E-state index is 0.0295. The van der Waals surface area contributed by atoms with Crippen LogP contribution in [0.4, 0.5) is 11.4 Å². The Morgan fingerprint density at radius 3 is 2.70 bits per heavy atom. The topological polar surface area (TPSA) is 103 Å². The SMILES string of the molecule is Cc1nn(-c2ccccc2)c2ncc(NC(=O)/C=C/c3cccc([N+](=O)[O-])c3)cc12. The van der Waals surface area contributed by atoms with Crippen LogP contribution < -0.4 is 5.32 Å². The van der Waals surface area contributed by atoms with Crippen molar-refractivity contribution in [2.75, 3.05) is 5.32 Å². The Bertz CT molecular complexity index is 1280. The van der Waals surface area contributed by atoms with E-state index >= 15 is 0 Å². The number of hydrogen-bond donors (Lipinski definition) is 1. The molecule has 1 amide bonds. The summed E-state index contributed by atoms with van der Waals surface area (Å²) in [5, 5.41) is 19.0. The van der Waals surface area contributed by atoms with Gasteiger partial charge in [0.05, 0.1) is 28.2 Å². The summed E-state index contributed by atoms with van der Waals surface area (Å²) in [5.74, 6) is -0.365. The van der Waals surface area contributed by atoms with Gasteiger partial charge in [0.25, 0.3) is 5.69 Å². The zero-order valence-corrected chi connectivity index (χ0v) is 16.0. The Balaban J connectivity index is 1.54. The number of aryl methyl sites for hydroxylation is 1. The van der Waals surface area contributed by atoms with Crippen LogP contribution in [0.25, 0.3) is 22.8 Å². The van der Waals surface area contributed by atoms with E-state index in [9.17, 15) is 14.9 Å². The minimum Gasteiger partial charge on any atom is -0.321 e. The number of nitrogens with zero attached hydrogens (tertiary/aromatic N) is 4. The van der Waals surface area contributed by atoms with Crippen LogP contribution in [-0.2, 0) is 4.79 Å². The Kier molecular flexibility index (Phi) is 5.04. The standard InChI is InChI=1S/C22H17N5O3/c1-15-20-13-17(14-23-22(20)26(25-15)18-7-3-2-4-8-18)24-21(28)11-10-16-6-5-9-19(12-16)27(29)30/h2-14H,1H3,(H,24,28)/b11-10+. The van der Waals surface area contributed by atoms with E-state index in [1.165, 1.54) is 24.3 Å². The molecule has 1 N–H and O–H groups in total. The number of rotatable bonds is 5. The Labute approximate surface area is 171 Å². The fourth-order valence-electron chi connectivity index (χ4n) is 3.06. The number of non-ortho nitro benzene ring substituents is 1. The molecule has 0 saturated heterocycles. The molecule has 0 aliphatic carbocycles. The van der Waals surface area contributed by atoms with E-state index in [0.717, 1.165) is 16.8 Å². The van der Waals surface area contributed by atoms with Crippen molar-refractivity contribution < 1.29 is 9.72 Å². The molecule has 0 saturated carbocycles. The highest BCUT2D eigenvalue weighted by Gasteiger charge is 2.11. The van der Waals surface area contributed by atoms with Crippen molar-refractivity contribution in [2.45, 2.75) is 6.92 Å². The van der Waals surface area contributed by atoms with Gasteiger partial charge >= 0.3 is 0 Å². The Morgan fingerprint density at radius 1 is 1.13 bits per heavy atom. The maximum Gasteiger partial charge on any atom is 0.270 e. The highest BCUT2D eigenvalue weighted by atomic mass is 16.6. The average Bonchev–Trinajstić information content (AvgIpc) is 3.09. The van der Waals surface area contributed by atoms with Crippen LogP contribution in [0.5, 0.6) is 0 Å². The van der Waals surface area contributed by atoms with Crippen molar-refractivity contribution in [2.24, 2.45) is 0 Å². The first-order valence-electron chi connectivity index (χ1n) is 9.15. The van der Waals surface area contributed by atoms with Gasteiger partial charge in [-0.25, -0.2) is 9.67 Å². The van der Waals surface area contributed by atoms with E-state index < -0.39 is 4.92 Å². The summed E-state index contributed by atoms with van der Waals surface area (Å²) in [6, 6.07) is 17.6. The lowest BCUT2D eigenvalue weighted by Gasteiger charge is -2.04. The number of fused-ring (bicyclic) bond motifs is 1. The number of carbonyl (C=O) groups excluding carboxylic acids is 1. The molecule has 0 radical (unpaired) electrons. The molecule has 148 valence electrons. The monoisotopic (exact) mass is 399 g/mol. The number of nitro benzene ring substituents is 1. The van der Waals surface area contributed by atoms with Crippen molar-refractivity contribution in [3.05, 3.63) is 94.3 Å². The summed E-state index contributed by atoms with van der Waals surface area (Å²) in [4.78, 5) is 27.1. The third kappa shape index (κ3) is 3.93. The molecule has 0 atom stereocenters. The molecular weight excluding hydrogens is 382 g/mol. The molecule has 0 fully saturated rings. The third-order valence-corrected chi connectivity index (χ3v) is 4.48. The minimum atomic E-state index is -0.476. The molecule has 0 aliphatic rings. The van der Waals surface area contributed by atoms with Crippen LogP contribution in [0.2, 0.25) is 0 Å². The Morgan fingerprint density at radius 2 is 1.93 bits per heavy atom. The van der Waals surface area contributed by atoms with Gasteiger partial charge in [0, 0.05) is 23.6 Å². The van der Waals surface area contributed by atoms with Crippen molar-refractivity contribution in [1.29, 1.82) is 0 Å². The number of pyridine rings is 1. The highest BCUT2D eigenvalue weighted by Crippen LogP contribution is 2.23. The summed E-state index contributed by atoms with van der Waals surface area (Å²) in [6.45, 7) is 1.89. The molecule has 4 rings (SSSR count). The van der Waals surface area contributed by atoms with Crippen molar-refractivity contribution in [1.82, 2.24) is 14.8 Å². The molecule has 0 unspecified atom stereocenters. The molecule has 2 aromatic carbocycles. The zero-order valence-electron chi connectivity index (χ0n) is 16.0. The van der Waals surface area contributed by atoms with Crippen LogP contribution in [0.3, 0.4) is 0 Å². The molecule has 0 aliphatic heterocycles. The molecule has 2 heterocycles. The lowest BCUT2D eigenvalue weighted by molar-refractivity contribution is -0.384. The number of carbonyl (C=O) groups is 1. The summed E-state index contributed by atoms with van der Waals surface area (Å²) in [6.07, 6.45) is 4.42. The van der Waals surface area contributed by atoms with Gasteiger partial charge < -0.3 is 5.32 Å². The highest BCUT2D eigenvalue weighted by molar-refractivity contribution is 6.02. The zero-order chi connectivity index (χ0) is 21.1. The maximum atomic E-state index is 12.3. The summed E-state index contributed by atoms with van der Waals surface area (Å²) in [5.41, 5.74) is 3.46. The van der Waals surface area contributed by atoms with Gasteiger partial charge in [0.2, 0.25) is 5.91 Å².